The monoisotopic (exact) mass is 315 g/mol. The smallest absolute Gasteiger partial charge is 0.258 e. The Hall–Kier alpha value is -2.50. The minimum absolute atomic E-state index is 0.156. The summed E-state index contributed by atoms with van der Waals surface area (Å²) >= 11 is 0. The molecule has 0 spiro atoms. The van der Waals surface area contributed by atoms with Gasteiger partial charge in [0.25, 0.3) is 5.91 Å². The minimum atomic E-state index is -0.156. The Balaban J connectivity index is 1.74. The molecular weight excluding hydrogens is 294 g/mol. The third-order valence-corrected chi connectivity index (χ3v) is 4.18. The summed E-state index contributed by atoms with van der Waals surface area (Å²) in [4.78, 5) is 12.5. The quantitative estimate of drug-likeness (QED) is 0.937. The van der Waals surface area contributed by atoms with E-state index in [4.69, 9.17) is 9.47 Å². The van der Waals surface area contributed by atoms with Crippen molar-refractivity contribution in [3.63, 3.8) is 0 Å². The maximum absolute atomic E-state index is 12.5. The lowest BCUT2D eigenvalue weighted by Crippen LogP contribution is -2.31. The van der Waals surface area contributed by atoms with Gasteiger partial charge in [-0.1, -0.05) is 18.2 Å². The van der Waals surface area contributed by atoms with Crippen molar-refractivity contribution in [2.45, 2.75) is 19.3 Å². The van der Waals surface area contributed by atoms with Gasteiger partial charge in [0, 0.05) is 19.5 Å². The number of para-hydroxylation sites is 1. The number of methoxy groups -OCH3 is 1. The zero-order chi connectivity index (χ0) is 16.4. The van der Waals surface area contributed by atoms with Gasteiger partial charge in [-0.15, -0.1) is 0 Å². The number of hydrogen-bond acceptors (Lipinski definition) is 4. The molecule has 122 valence electrons. The SMILES string of the molecule is COc1c(C(=O)NCC2CCOc3ccccc32)c(C)nn1C. The van der Waals surface area contributed by atoms with E-state index in [2.05, 4.69) is 16.5 Å². The highest BCUT2D eigenvalue weighted by Crippen LogP contribution is 2.33. The van der Waals surface area contributed by atoms with Gasteiger partial charge in [0.2, 0.25) is 5.88 Å². The molecule has 2 aromatic rings. The molecule has 1 unspecified atom stereocenters. The van der Waals surface area contributed by atoms with Crippen LogP contribution in [0, 0.1) is 6.92 Å². The van der Waals surface area contributed by atoms with E-state index in [0.717, 1.165) is 17.7 Å². The number of benzene rings is 1. The second kappa shape index (κ2) is 6.32. The predicted molar refractivity (Wildman–Crippen MR) is 86.1 cm³/mol. The molecule has 1 aliphatic rings. The van der Waals surface area contributed by atoms with Gasteiger partial charge >= 0.3 is 0 Å². The van der Waals surface area contributed by atoms with Gasteiger partial charge in [0.15, 0.2) is 0 Å². The lowest BCUT2D eigenvalue weighted by atomic mass is 9.93. The maximum atomic E-state index is 12.5. The highest BCUT2D eigenvalue weighted by Gasteiger charge is 2.24. The van der Waals surface area contributed by atoms with Crippen LogP contribution in [0.5, 0.6) is 11.6 Å². The lowest BCUT2D eigenvalue weighted by Gasteiger charge is -2.26. The van der Waals surface area contributed by atoms with Crippen molar-refractivity contribution in [3.05, 3.63) is 41.1 Å². The highest BCUT2D eigenvalue weighted by atomic mass is 16.5. The number of nitrogens with one attached hydrogen (secondary N) is 1. The normalized spacial score (nSPS) is 16.4. The molecule has 2 heterocycles. The van der Waals surface area contributed by atoms with E-state index in [1.807, 2.05) is 18.2 Å². The third-order valence-electron chi connectivity index (χ3n) is 4.18. The molecule has 23 heavy (non-hydrogen) atoms. The lowest BCUT2D eigenvalue weighted by molar-refractivity contribution is 0.0944. The number of amides is 1. The van der Waals surface area contributed by atoms with Crippen molar-refractivity contribution < 1.29 is 14.3 Å². The Morgan fingerprint density at radius 1 is 1.48 bits per heavy atom. The average Bonchev–Trinajstić information content (AvgIpc) is 2.86. The van der Waals surface area contributed by atoms with E-state index in [0.29, 0.717) is 30.3 Å². The molecule has 0 saturated carbocycles. The maximum Gasteiger partial charge on any atom is 0.258 e. The first-order chi connectivity index (χ1) is 11.1. The van der Waals surface area contributed by atoms with Gasteiger partial charge in [0.05, 0.1) is 19.4 Å². The van der Waals surface area contributed by atoms with Gasteiger partial charge in [-0.25, -0.2) is 4.68 Å². The van der Waals surface area contributed by atoms with Crippen molar-refractivity contribution in [2.24, 2.45) is 7.05 Å². The molecule has 0 aliphatic carbocycles. The van der Waals surface area contributed by atoms with E-state index in [9.17, 15) is 4.79 Å². The van der Waals surface area contributed by atoms with E-state index >= 15 is 0 Å². The van der Waals surface area contributed by atoms with Crippen LogP contribution in [0.4, 0.5) is 0 Å². The fourth-order valence-corrected chi connectivity index (χ4v) is 3.06. The number of nitrogens with zero attached hydrogens (tertiary/aromatic N) is 2. The van der Waals surface area contributed by atoms with Crippen LogP contribution in [0.3, 0.4) is 0 Å². The zero-order valence-electron chi connectivity index (χ0n) is 13.6. The zero-order valence-corrected chi connectivity index (χ0v) is 13.6. The fraction of sp³-hybridized carbons (Fsp3) is 0.412. The molecule has 1 atom stereocenters. The first-order valence-electron chi connectivity index (χ1n) is 7.69. The molecule has 1 aromatic heterocycles. The summed E-state index contributed by atoms with van der Waals surface area (Å²) < 4.78 is 12.5. The molecule has 0 saturated heterocycles. The number of fused-ring (bicyclic) bond motifs is 1. The van der Waals surface area contributed by atoms with Crippen molar-refractivity contribution in [1.82, 2.24) is 15.1 Å². The van der Waals surface area contributed by atoms with Crippen molar-refractivity contribution in [1.29, 1.82) is 0 Å². The summed E-state index contributed by atoms with van der Waals surface area (Å²) in [5.74, 6) is 1.49. The molecule has 6 heteroatoms. The molecular formula is C17H21N3O3. The number of rotatable bonds is 4. The van der Waals surface area contributed by atoms with Gasteiger partial charge in [-0.2, -0.15) is 5.10 Å². The van der Waals surface area contributed by atoms with Gasteiger partial charge in [-0.05, 0) is 25.0 Å². The molecule has 6 nitrogen and oxygen atoms in total. The first-order valence-corrected chi connectivity index (χ1v) is 7.69. The van der Waals surface area contributed by atoms with E-state index in [-0.39, 0.29) is 11.8 Å². The molecule has 0 bridgehead atoms. The topological polar surface area (TPSA) is 65.4 Å². The Kier molecular flexibility index (Phi) is 4.23. The number of aromatic nitrogens is 2. The number of ether oxygens (including phenoxy) is 2. The standard InChI is InChI=1S/C17H21N3O3/c1-11-15(17(22-3)20(2)19-11)16(21)18-10-12-8-9-23-14-7-5-4-6-13(12)14/h4-7,12H,8-10H2,1-3H3,(H,18,21). The number of aryl methyl sites for hydroxylation is 2. The number of carbonyl (C=O) groups excluding carboxylic acids is 1. The third kappa shape index (κ3) is 2.88. The molecule has 1 amide bonds. The summed E-state index contributed by atoms with van der Waals surface area (Å²) in [5.41, 5.74) is 2.30. The fourth-order valence-electron chi connectivity index (χ4n) is 3.06. The average molecular weight is 315 g/mol. The van der Waals surface area contributed by atoms with Crippen LogP contribution in [-0.2, 0) is 7.05 Å². The van der Waals surface area contributed by atoms with Crippen LogP contribution in [-0.4, -0.2) is 35.9 Å². The Morgan fingerprint density at radius 2 is 2.26 bits per heavy atom. The molecule has 3 rings (SSSR count). The highest BCUT2D eigenvalue weighted by molar-refractivity contribution is 5.97. The molecule has 0 radical (unpaired) electrons. The summed E-state index contributed by atoms with van der Waals surface area (Å²) in [7, 11) is 3.30. The van der Waals surface area contributed by atoms with Gasteiger partial charge in [0.1, 0.15) is 11.3 Å². The molecule has 1 aliphatic heterocycles. The number of carbonyl (C=O) groups is 1. The van der Waals surface area contributed by atoms with E-state index in [1.165, 1.54) is 0 Å². The summed E-state index contributed by atoms with van der Waals surface area (Å²) in [6.07, 6.45) is 0.889. The van der Waals surface area contributed by atoms with E-state index < -0.39 is 0 Å². The van der Waals surface area contributed by atoms with Crippen LogP contribution >= 0.6 is 0 Å². The number of hydrogen-bond donors (Lipinski definition) is 1. The summed E-state index contributed by atoms with van der Waals surface area (Å²) in [5, 5.41) is 7.26. The van der Waals surface area contributed by atoms with E-state index in [1.54, 1.807) is 25.8 Å². The molecule has 1 N–H and O–H groups in total. The van der Waals surface area contributed by atoms with Crippen LogP contribution in [0.15, 0.2) is 24.3 Å². The second-order valence-electron chi connectivity index (χ2n) is 5.68. The van der Waals surface area contributed by atoms with Crippen LogP contribution in [0.25, 0.3) is 0 Å². The van der Waals surface area contributed by atoms with Gasteiger partial charge in [-0.3, -0.25) is 4.79 Å². The Bertz CT molecular complexity index is 724. The van der Waals surface area contributed by atoms with Crippen molar-refractivity contribution >= 4 is 5.91 Å². The van der Waals surface area contributed by atoms with Crippen molar-refractivity contribution in [3.8, 4) is 11.6 Å². The van der Waals surface area contributed by atoms with Gasteiger partial charge < -0.3 is 14.8 Å². The van der Waals surface area contributed by atoms with Crippen LogP contribution in [0.1, 0.15) is 34.0 Å². The Labute approximate surface area is 135 Å². The molecule has 0 fully saturated rings. The summed E-state index contributed by atoms with van der Waals surface area (Å²) in [6, 6.07) is 7.99. The van der Waals surface area contributed by atoms with Crippen LogP contribution in [0.2, 0.25) is 0 Å². The predicted octanol–water partition coefficient (Wildman–Crippen LogP) is 2.03. The largest absolute Gasteiger partial charge is 0.493 e. The molecule has 1 aromatic carbocycles. The first kappa shape index (κ1) is 15.4. The second-order valence-corrected chi connectivity index (χ2v) is 5.68. The minimum Gasteiger partial charge on any atom is -0.493 e. The Morgan fingerprint density at radius 3 is 3.04 bits per heavy atom. The summed E-state index contributed by atoms with van der Waals surface area (Å²) in [6.45, 7) is 3.05. The van der Waals surface area contributed by atoms with Crippen molar-refractivity contribution in [2.75, 3.05) is 20.3 Å². The van der Waals surface area contributed by atoms with Crippen LogP contribution < -0.4 is 14.8 Å².